The van der Waals surface area contributed by atoms with Crippen molar-refractivity contribution in [1.82, 2.24) is 5.32 Å². The summed E-state index contributed by atoms with van der Waals surface area (Å²) in [6.45, 7) is 8.54. The molecule has 1 unspecified atom stereocenters. The van der Waals surface area contributed by atoms with Crippen molar-refractivity contribution in [3.8, 4) is 5.75 Å². The SMILES string of the molecule is COc1cc(Cl)c(C)cc1N1CCCC(NC(C)C)C1. The van der Waals surface area contributed by atoms with Gasteiger partial charge in [0.05, 0.1) is 12.8 Å². The monoisotopic (exact) mass is 296 g/mol. The minimum absolute atomic E-state index is 0.522. The topological polar surface area (TPSA) is 24.5 Å². The molecule has 1 aromatic rings. The second-order valence-electron chi connectivity index (χ2n) is 5.88. The van der Waals surface area contributed by atoms with E-state index in [1.54, 1.807) is 7.11 Å². The lowest BCUT2D eigenvalue weighted by Gasteiger charge is -2.36. The number of rotatable bonds is 4. The fourth-order valence-electron chi connectivity index (χ4n) is 2.86. The zero-order valence-corrected chi connectivity index (χ0v) is 13.6. The zero-order chi connectivity index (χ0) is 14.7. The van der Waals surface area contributed by atoms with Crippen LogP contribution in [0.5, 0.6) is 5.75 Å². The molecule has 3 nitrogen and oxygen atoms in total. The van der Waals surface area contributed by atoms with Gasteiger partial charge in [-0.1, -0.05) is 25.4 Å². The predicted octanol–water partition coefficient (Wildman–Crippen LogP) is 3.62. The van der Waals surface area contributed by atoms with Crippen LogP contribution in [0.2, 0.25) is 5.02 Å². The molecule has 1 saturated heterocycles. The highest BCUT2D eigenvalue weighted by molar-refractivity contribution is 6.31. The highest BCUT2D eigenvalue weighted by Gasteiger charge is 2.23. The maximum atomic E-state index is 6.19. The molecule has 1 aliphatic rings. The van der Waals surface area contributed by atoms with Crippen molar-refractivity contribution >= 4 is 17.3 Å². The van der Waals surface area contributed by atoms with E-state index in [1.807, 2.05) is 13.0 Å². The van der Waals surface area contributed by atoms with Crippen molar-refractivity contribution in [3.63, 3.8) is 0 Å². The Hall–Kier alpha value is -0.930. The van der Waals surface area contributed by atoms with E-state index in [-0.39, 0.29) is 0 Å². The molecule has 1 heterocycles. The normalized spacial score (nSPS) is 19.5. The summed E-state index contributed by atoms with van der Waals surface area (Å²) >= 11 is 6.19. The fraction of sp³-hybridized carbons (Fsp3) is 0.625. The van der Waals surface area contributed by atoms with Crippen LogP contribution in [0.25, 0.3) is 0 Å². The van der Waals surface area contributed by atoms with Gasteiger partial charge in [0.15, 0.2) is 0 Å². The number of ether oxygens (including phenoxy) is 1. The molecular formula is C16H25ClN2O. The summed E-state index contributed by atoms with van der Waals surface area (Å²) in [5.74, 6) is 0.866. The molecule has 0 saturated carbocycles. The van der Waals surface area contributed by atoms with Gasteiger partial charge in [-0.05, 0) is 31.4 Å². The Morgan fingerprint density at radius 3 is 2.80 bits per heavy atom. The molecular weight excluding hydrogens is 272 g/mol. The second-order valence-corrected chi connectivity index (χ2v) is 6.29. The molecule has 112 valence electrons. The van der Waals surface area contributed by atoms with Gasteiger partial charge < -0.3 is 15.0 Å². The Labute approximate surface area is 127 Å². The molecule has 0 aromatic heterocycles. The van der Waals surface area contributed by atoms with Crippen LogP contribution in [0.3, 0.4) is 0 Å². The molecule has 2 rings (SSSR count). The van der Waals surface area contributed by atoms with Gasteiger partial charge in [-0.3, -0.25) is 0 Å². The Morgan fingerprint density at radius 2 is 2.15 bits per heavy atom. The summed E-state index contributed by atoms with van der Waals surface area (Å²) in [6, 6.07) is 5.13. The molecule has 0 aliphatic carbocycles. The molecule has 4 heteroatoms. The van der Waals surface area contributed by atoms with Crippen LogP contribution < -0.4 is 15.0 Å². The number of hydrogen-bond acceptors (Lipinski definition) is 3. The van der Waals surface area contributed by atoms with Crippen molar-refractivity contribution in [3.05, 3.63) is 22.7 Å². The number of halogens is 1. The first-order chi connectivity index (χ1) is 9.51. The van der Waals surface area contributed by atoms with Crippen LogP contribution in [0, 0.1) is 6.92 Å². The third kappa shape index (κ3) is 3.58. The van der Waals surface area contributed by atoms with E-state index in [2.05, 4.69) is 30.1 Å². The van der Waals surface area contributed by atoms with Crippen molar-refractivity contribution in [1.29, 1.82) is 0 Å². The molecule has 0 amide bonds. The Bertz CT molecular complexity index is 462. The van der Waals surface area contributed by atoms with Gasteiger partial charge in [-0.2, -0.15) is 0 Å². The standard InChI is InChI=1S/C16H25ClN2O/c1-11(2)18-13-6-5-7-19(10-13)15-8-12(3)14(17)9-16(15)20-4/h8-9,11,13,18H,5-7,10H2,1-4H3. The van der Waals surface area contributed by atoms with E-state index >= 15 is 0 Å². The van der Waals surface area contributed by atoms with Crippen LogP contribution in [-0.4, -0.2) is 32.3 Å². The number of nitrogens with zero attached hydrogens (tertiary/aromatic N) is 1. The second kappa shape index (κ2) is 6.68. The average molecular weight is 297 g/mol. The molecule has 1 N–H and O–H groups in total. The van der Waals surface area contributed by atoms with Gasteiger partial charge in [-0.15, -0.1) is 0 Å². The van der Waals surface area contributed by atoms with E-state index in [1.165, 1.54) is 12.8 Å². The summed E-state index contributed by atoms with van der Waals surface area (Å²) in [6.07, 6.45) is 2.44. The fourth-order valence-corrected chi connectivity index (χ4v) is 3.02. The van der Waals surface area contributed by atoms with Crippen molar-refractivity contribution < 1.29 is 4.74 Å². The maximum Gasteiger partial charge on any atom is 0.143 e. The maximum absolute atomic E-state index is 6.19. The smallest absolute Gasteiger partial charge is 0.143 e. The summed E-state index contributed by atoms with van der Waals surface area (Å²) in [7, 11) is 1.71. The van der Waals surface area contributed by atoms with Crippen molar-refractivity contribution in [2.45, 2.75) is 45.7 Å². The minimum atomic E-state index is 0.522. The number of piperidine rings is 1. The first kappa shape index (κ1) is 15.5. The van der Waals surface area contributed by atoms with Gasteiger partial charge in [0, 0.05) is 36.3 Å². The first-order valence-electron chi connectivity index (χ1n) is 7.36. The van der Waals surface area contributed by atoms with E-state index in [4.69, 9.17) is 16.3 Å². The quantitative estimate of drug-likeness (QED) is 0.918. The lowest BCUT2D eigenvalue weighted by Crippen LogP contribution is -2.48. The Morgan fingerprint density at radius 1 is 1.40 bits per heavy atom. The van der Waals surface area contributed by atoms with Crippen molar-refractivity contribution in [2.75, 3.05) is 25.1 Å². The average Bonchev–Trinajstić information content (AvgIpc) is 2.41. The number of benzene rings is 1. The zero-order valence-electron chi connectivity index (χ0n) is 12.9. The highest BCUT2D eigenvalue weighted by Crippen LogP contribution is 2.35. The summed E-state index contributed by atoms with van der Waals surface area (Å²) in [5, 5.41) is 4.40. The number of aryl methyl sites for hydroxylation is 1. The summed E-state index contributed by atoms with van der Waals surface area (Å²) < 4.78 is 5.50. The Kier molecular flexibility index (Phi) is 5.17. The molecule has 1 aliphatic heterocycles. The summed E-state index contributed by atoms with van der Waals surface area (Å²) in [5.41, 5.74) is 2.26. The molecule has 0 bridgehead atoms. The molecule has 0 radical (unpaired) electrons. The van der Waals surface area contributed by atoms with Crippen LogP contribution in [0.4, 0.5) is 5.69 Å². The third-order valence-corrected chi connectivity index (χ3v) is 4.20. The van der Waals surface area contributed by atoms with Crippen molar-refractivity contribution in [2.24, 2.45) is 0 Å². The number of methoxy groups -OCH3 is 1. The third-order valence-electron chi connectivity index (χ3n) is 3.79. The van der Waals surface area contributed by atoms with Crippen LogP contribution >= 0.6 is 11.6 Å². The van der Waals surface area contributed by atoms with E-state index in [0.29, 0.717) is 12.1 Å². The molecule has 20 heavy (non-hydrogen) atoms. The number of anilines is 1. The van der Waals surface area contributed by atoms with Gasteiger partial charge in [0.25, 0.3) is 0 Å². The molecule has 1 aromatic carbocycles. The molecule has 0 spiro atoms. The number of nitrogens with one attached hydrogen (secondary N) is 1. The molecule has 1 fully saturated rings. The lowest BCUT2D eigenvalue weighted by atomic mass is 10.0. The van der Waals surface area contributed by atoms with E-state index in [9.17, 15) is 0 Å². The first-order valence-corrected chi connectivity index (χ1v) is 7.74. The highest BCUT2D eigenvalue weighted by atomic mass is 35.5. The van der Waals surface area contributed by atoms with Crippen LogP contribution in [0.1, 0.15) is 32.3 Å². The summed E-state index contributed by atoms with van der Waals surface area (Å²) in [4.78, 5) is 2.41. The van der Waals surface area contributed by atoms with Gasteiger partial charge >= 0.3 is 0 Å². The number of hydrogen-bond donors (Lipinski definition) is 1. The lowest BCUT2D eigenvalue weighted by molar-refractivity contribution is 0.385. The predicted molar refractivity (Wildman–Crippen MR) is 86.2 cm³/mol. The van der Waals surface area contributed by atoms with Gasteiger partial charge in [0.2, 0.25) is 0 Å². The van der Waals surface area contributed by atoms with Gasteiger partial charge in [0.1, 0.15) is 5.75 Å². The van der Waals surface area contributed by atoms with Crippen LogP contribution in [0.15, 0.2) is 12.1 Å². The van der Waals surface area contributed by atoms with Crippen LogP contribution in [-0.2, 0) is 0 Å². The van der Waals surface area contributed by atoms with E-state index < -0.39 is 0 Å². The van der Waals surface area contributed by atoms with Gasteiger partial charge in [-0.25, -0.2) is 0 Å². The minimum Gasteiger partial charge on any atom is -0.495 e. The molecule has 1 atom stereocenters. The largest absolute Gasteiger partial charge is 0.495 e. The van der Waals surface area contributed by atoms with E-state index in [0.717, 1.165) is 35.1 Å². The Balaban J connectivity index is 2.20.